The number of carbonyl (C=O) groups excluding carboxylic acids is 2. The zero-order chi connectivity index (χ0) is 21.6. The predicted octanol–water partition coefficient (Wildman–Crippen LogP) is 5.44. The summed E-state index contributed by atoms with van der Waals surface area (Å²) in [5.74, 6) is 0.855. The second-order valence-corrected chi connectivity index (χ2v) is 8.39. The van der Waals surface area contributed by atoms with Crippen molar-refractivity contribution in [3.05, 3.63) is 58.1 Å². The first kappa shape index (κ1) is 22.7. The second kappa shape index (κ2) is 9.78. The van der Waals surface area contributed by atoms with Crippen LogP contribution in [0.3, 0.4) is 0 Å². The van der Waals surface area contributed by atoms with Gasteiger partial charge in [0.15, 0.2) is 0 Å². The highest BCUT2D eigenvalue weighted by atomic mass is 79.9. The van der Waals surface area contributed by atoms with Crippen molar-refractivity contribution in [3.63, 3.8) is 0 Å². The van der Waals surface area contributed by atoms with E-state index in [1.807, 2.05) is 45.0 Å². The lowest BCUT2D eigenvalue weighted by Gasteiger charge is -2.24. The minimum atomic E-state index is -0.506. The van der Waals surface area contributed by atoms with Gasteiger partial charge in [-0.1, -0.05) is 12.1 Å². The molecule has 0 aliphatic heterocycles. The van der Waals surface area contributed by atoms with Gasteiger partial charge in [0, 0.05) is 13.6 Å². The third-order valence-corrected chi connectivity index (χ3v) is 4.56. The number of rotatable bonds is 6. The smallest absolute Gasteiger partial charge is 0.410 e. The predicted molar refractivity (Wildman–Crippen MR) is 115 cm³/mol. The zero-order valence-electron chi connectivity index (χ0n) is 17.3. The van der Waals surface area contributed by atoms with Crippen molar-refractivity contribution in [2.45, 2.75) is 32.8 Å². The monoisotopic (exact) mass is 463 g/mol. The maximum Gasteiger partial charge on any atom is 0.410 e. The van der Waals surface area contributed by atoms with Crippen LogP contribution in [0.2, 0.25) is 0 Å². The van der Waals surface area contributed by atoms with E-state index in [1.54, 1.807) is 30.1 Å². The van der Waals surface area contributed by atoms with Gasteiger partial charge in [-0.3, -0.25) is 0 Å². The molecule has 0 aliphatic rings. The zero-order valence-corrected chi connectivity index (χ0v) is 18.9. The molecule has 0 spiro atoms. The van der Waals surface area contributed by atoms with Gasteiger partial charge in [-0.2, -0.15) is 0 Å². The Balaban J connectivity index is 1.93. The van der Waals surface area contributed by atoms with E-state index >= 15 is 0 Å². The molecular formula is C22H26BrNO5. The Morgan fingerprint density at radius 1 is 1.07 bits per heavy atom. The second-order valence-electron chi connectivity index (χ2n) is 7.53. The highest BCUT2D eigenvalue weighted by Gasteiger charge is 2.19. The minimum Gasteiger partial charge on any atom is -0.465 e. The van der Waals surface area contributed by atoms with Crippen molar-refractivity contribution in [3.8, 4) is 11.5 Å². The molecule has 0 aromatic heterocycles. The van der Waals surface area contributed by atoms with Gasteiger partial charge >= 0.3 is 12.1 Å². The summed E-state index contributed by atoms with van der Waals surface area (Å²) in [6.45, 7) is 6.09. The number of hydrogen-bond donors (Lipinski definition) is 0. The van der Waals surface area contributed by atoms with E-state index in [1.165, 1.54) is 7.11 Å². The van der Waals surface area contributed by atoms with E-state index in [4.69, 9.17) is 14.2 Å². The summed E-state index contributed by atoms with van der Waals surface area (Å²) in [5.41, 5.74) is 1.01. The van der Waals surface area contributed by atoms with Crippen LogP contribution in [0.25, 0.3) is 0 Å². The maximum absolute atomic E-state index is 12.0. The molecule has 2 aromatic rings. The van der Waals surface area contributed by atoms with Crippen LogP contribution in [-0.4, -0.2) is 43.3 Å². The largest absolute Gasteiger partial charge is 0.465 e. The molecule has 0 atom stereocenters. The summed E-state index contributed by atoms with van der Waals surface area (Å²) in [4.78, 5) is 25.1. The van der Waals surface area contributed by atoms with Crippen molar-refractivity contribution >= 4 is 28.0 Å². The Labute approximate surface area is 179 Å². The van der Waals surface area contributed by atoms with Crippen molar-refractivity contribution < 1.29 is 23.8 Å². The first-order valence-electron chi connectivity index (χ1n) is 9.18. The van der Waals surface area contributed by atoms with Gasteiger partial charge in [0.25, 0.3) is 0 Å². The molecule has 7 heteroatoms. The lowest BCUT2D eigenvalue weighted by atomic mass is 10.1. The highest BCUT2D eigenvalue weighted by Crippen LogP contribution is 2.31. The number of likely N-dealkylation sites (N-methyl/N-ethyl adjacent to an activating group) is 1. The molecule has 0 saturated carbocycles. The van der Waals surface area contributed by atoms with Gasteiger partial charge in [-0.05, 0) is 79.0 Å². The summed E-state index contributed by atoms with van der Waals surface area (Å²) < 4.78 is 16.6. The highest BCUT2D eigenvalue weighted by molar-refractivity contribution is 9.10. The Morgan fingerprint density at radius 3 is 2.28 bits per heavy atom. The van der Waals surface area contributed by atoms with E-state index in [2.05, 4.69) is 15.9 Å². The number of esters is 1. The molecule has 0 aliphatic carbocycles. The number of benzene rings is 2. The van der Waals surface area contributed by atoms with Gasteiger partial charge in [0.05, 0.1) is 17.1 Å². The number of halogens is 1. The summed E-state index contributed by atoms with van der Waals surface area (Å²) in [7, 11) is 3.06. The van der Waals surface area contributed by atoms with Crippen molar-refractivity contribution in [1.29, 1.82) is 0 Å². The lowest BCUT2D eigenvalue weighted by Crippen LogP contribution is -2.35. The molecule has 6 nitrogen and oxygen atoms in total. The first-order valence-corrected chi connectivity index (χ1v) is 9.97. The molecule has 0 heterocycles. The Hall–Kier alpha value is -2.54. The van der Waals surface area contributed by atoms with Crippen LogP contribution >= 0.6 is 15.9 Å². The van der Waals surface area contributed by atoms with Gasteiger partial charge in [-0.25, -0.2) is 9.59 Å². The van der Waals surface area contributed by atoms with E-state index in [-0.39, 0.29) is 6.09 Å². The summed E-state index contributed by atoms with van der Waals surface area (Å²) in [6.07, 6.45) is 0.366. The summed E-state index contributed by atoms with van der Waals surface area (Å²) >= 11 is 3.41. The first-order chi connectivity index (χ1) is 13.6. The van der Waals surface area contributed by atoms with Crippen LogP contribution in [0.1, 0.15) is 36.7 Å². The standard InChI is InChI=1S/C22H26BrNO5/c1-22(2,3)29-21(26)24(4)13-12-15-6-9-17(10-7-15)28-19-11-8-16(14-18(19)23)20(25)27-5/h6-11,14H,12-13H2,1-5H3. The molecule has 0 unspecified atom stereocenters. The van der Waals surface area contributed by atoms with Crippen LogP contribution in [0.5, 0.6) is 11.5 Å². The van der Waals surface area contributed by atoms with Crippen molar-refractivity contribution in [1.82, 2.24) is 4.90 Å². The maximum atomic E-state index is 12.0. The van der Waals surface area contributed by atoms with Gasteiger partial charge < -0.3 is 19.1 Å². The number of methoxy groups -OCH3 is 1. The number of carbonyl (C=O) groups is 2. The van der Waals surface area contributed by atoms with Gasteiger partial charge in [0.2, 0.25) is 0 Å². The number of ether oxygens (including phenoxy) is 3. The van der Waals surface area contributed by atoms with Gasteiger partial charge in [0.1, 0.15) is 17.1 Å². The molecule has 0 fully saturated rings. The van der Waals surface area contributed by atoms with Crippen LogP contribution in [-0.2, 0) is 15.9 Å². The molecule has 0 N–H and O–H groups in total. The Morgan fingerprint density at radius 2 is 1.72 bits per heavy atom. The molecule has 29 heavy (non-hydrogen) atoms. The van der Waals surface area contributed by atoms with E-state index < -0.39 is 11.6 Å². The molecule has 0 saturated heterocycles. The number of nitrogens with zero attached hydrogens (tertiary/aromatic N) is 1. The fourth-order valence-electron chi connectivity index (χ4n) is 2.41. The average molecular weight is 464 g/mol. The third kappa shape index (κ3) is 7.09. The van der Waals surface area contributed by atoms with E-state index in [0.717, 1.165) is 5.56 Å². The quantitative estimate of drug-likeness (QED) is 0.533. The molecule has 156 valence electrons. The van der Waals surface area contributed by atoms with Crippen molar-refractivity contribution in [2.75, 3.05) is 20.7 Å². The van der Waals surface area contributed by atoms with E-state index in [9.17, 15) is 9.59 Å². The van der Waals surface area contributed by atoms with Crippen LogP contribution in [0.15, 0.2) is 46.9 Å². The molecule has 2 aromatic carbocycles. The van der Waals surface area contributed by atoms with E-state index in [0.29, 0.717) is 34.5 Å². The normalized spacial score (nSPS) is 11.0. The van der Waals surface area contributed by atoms with Crippen molar-refractivity contribution in [2.24, 2.45) is 0 Å². The fourth-order valence-corrected chi connectivity index (χ4v) is 2.87. The third-order valence-electron chi connectivity index (χ3n) is 3.95. The molecule has 0 radical (unpaired) electrons. The number of amides is 1. The minimum absolute atomic E-state index is 0.335. The van der Waals surface area contributed by atoms with Gasteiger partial charge in [-0.15, -0.1) is 0 Å². The van der Waals surface area contributed by atoms with Crippen LogP contribution in [0, 0.1) is 0 Å². The molecule has 1 amide bonds. The summed E-state index contributed by atoms with van der Waals surface area (Å²) in [5, 5.41) is 0. The van der Waals surface area contributed by atoms with Crippen LogP contribution in [0.4, 0.5) is 4.79 Å². The Bertz CT molecular complexity index is 858. The fraction of sp³-hybridized carbons (Fsp3) is 0.364. The molecular weight excluding hydrogens is 438 g/mol. The summed E-state index contributed by atoms with van der Waals surface area (Å²) in [6, 6.07) is 12.6. The molecule has 2 rings (SSSR count). The Kier molecular flexibility index (Phi) is 7.67. The average Bonchev–Trinajstić information content (AvgIpc) is 2.66. The lowest BCUT2D eigenvalue weighted by molar-refractivity contribution is 0.0300. The molecule has 0 bridgehead atoms. The SMILES string of the molecule is COC(=O)c1ccc(Oc2ccc(CCN(C)C(=O)OC(C)(C)C)cc2)c(Br)c1. The van der Waals surface area contributed by atoms with Crippen LogP contribution < -0.4 is 4.74 Å². The number of hydrogen-bond acceptors (Lipinski definition) is 5. The topological polar surface area (TPSA) is 65.1 Å².